The predicted molar refractivity (Wildman–Crippen MR) is 113 cm³/mol. The Morgan fingerprint density at radius 2 is 1.86 bits per heavy atom. The van der Waals surface area contributed by atoms with Crippen molar-refractivity contribution < 1.29 is 19.1 Å². The second-order valence-corrected chi connectivity index (χ2v) is 6.83. The van der Waals surface area contributed by atoms with Gasteiger partial charge in [0, 0.05) is 0 Å². The molecule has 0 aliphatic carbocycles. The largest absolute Gasteiger partial charge is 0.496 e. The summed E-state index contributed by atoms with van der Waals surface area (Å²) in [7, 11) is 1.47. The van der Waals surface area contributed by atoms with Gasteiger partial charge in [0.25, 0.3) is 11.8 Å². The van der Waals surface area contributed by atoms with E-state index >= 15 is 0 Å². The van der Waals surface area contributed by atoms with Crippen molar-refractivity contribution in [3.8, 4) is 11.5 Å². The van der Waals surface area contributed by atoms with Crippen molar-refractivity contribution >= 4 is 45.1 Å². The number of carbonyl (C=O) groups is 2. The van der Waals surface area contributed by atoms with Crippen molar-refractivity contribution in [3.05, 3.63) is 58.1 Å². The van der Waals surface area contributed by atoms with Crippen molar-refractivity contribution in [2.24, 2.45) is 0 Å². The smallest absolute Gasteiger partial charge is 0.276 e. The molecule has 3 N–H and O–H groups in total. The Hall–Kier alpha value is -2.65. The first-order valence-corrected chi connectivity index (χ1v) is 9.59. The second kappa shape index (κ2) is 10.6. The quantitative estimate of drug-likeness (QED) is 0.448. The maximum absolute atomic E-state index is 12.2. The molecule has 0 heterocycles. The van der Waals surface area contributed by atoms with Crippen LogP contribution in [-0.4, -0.2) is 30.6 Å². The van der Waals surface area contributed by atoms with Gasteiger partial charge in [-0.15, -0.1) is 0 Å². The zero-order valence-corrected chi connectivity index (χ0v) is 17.8. The summed E-state index contributed by atoms with van der Waals surface area (Å²) in [5.41, 5.74) is 6.30. The van der Waals surface area contributed by atoms with Gasteiger partial charge in [-0.3, -0.25) is 25.8 Å². The van der Waals surface area contributed by atoms with Gasteiger partial charge in [-0.25, -0.2) is 0 Å². The average Bonchev–Trinajstić information content (AvgIpc) is 2.71. The molecule has 0 fully saturated rings. The van der Waals surface area contributed by atoms with Gasteiger partial charge in [-0.2, -0.15) is 0 Å². The number of hydrogen-bond acceptors (Lipinski definition) is 5. The standard InChI is InChI=1S/C19H20BrN3O4S/c1-3-12-8-9-16(14(20)10-12)27-11-17(24)22-23-19(28)21-18(25)13-6-4-5-7-15(13)26-2/h4-10H,3,11H2,1-2H3,(H,22,24)(H2,21,23,25,28). The molecule has 0 aliphatic rings. The minimum atomic E-state index is -0.458. The van der Waals surface area contributed by atoms with Crippen LogP contribution in [0.15, 0.2) is 46.9 Å². The van der Waals surface area contributed by atoms with Crippen LogP contribution in [0.3, 0.4) is 0 Å². The molecule has 9 heteroatoms. The highest BCUT2D eigenvalue weighted by atomic mass is 79.9. The Bertz CT molecular complexity index is 876. The normalized spacial score (nSPS) is 9.96. The summed E-state index contributed by atoms with van der Waals surface area (Å²) >= 11 is 8.42. The van der Waals surface area contributed by atoms with Gasteiger partial charge in [0.2, 0.25) is 0 Å². The number of rotatable bonds is 6. The second-order valence-electron chi connectivity index (χ2n) is 5.56. The highest BCUT2D eigenvalue weighted by Gasteiger charge is 2.13. The topological polar surface area (TPSA) is 88.7 Å². The molecule has 2 amide bonds. The molecule has 0 aromatic heterocycles. The molecule has 0 aliphatic heterocycles. The molecule has 0 saturated heterocycles. The Balaban J connectivity index is 1.79. The lowest BCUT2D eigenvalue weighted by Gasteiger charge is -2.13. The first-order valence-electron chi connectivity index (χ1n) is 8.39. The third-order valence-corrected chi connectivity index (χ3v) is 4.48. The fourth-order valence-electron chi connectivity index (χ4n) is 2.22. The minimum Gasteiger partial charge on any atom is -0.496 e. The predicted octanol–water partition coefficient (Wildman–Crippen LogP) is 2.73. The van der Waals surface area contributed by atoms with Crippen LogP contribution in [0.2, 0.25) is 0 Å². The van der Waals surface area contributed by atoms with Crippen molar-refractivity contribution in [3.63, 3.8) is 0 Å². The molecular formula is C19H20BrN3O4S. The molecule has 0 unspecified atom stereocenters. The third kappa shape index (κ3) is 6.21. The van der Waals surface area contributed by atoms with E-state index in [4.69, 9.17) is 21.7 Å². The molecule has 2 aromatic rings. The number of halogens is 1. The fourth-order valence-corrected chi connectivity index (χ4v) is 2.91. The lowest BCUT2D eigenvalue weighted by molar-refractivity contribution is -0.123. The van der Waals surface area contributed by atoms with Crippen molar-refractivity contribution in [1.29, 1.82) is 0 Å². The van der Waals surface area contributed by atoms with Crippen LogP contribution in [0.4, 0.5) is 0 Å². The lowest BCUT2D eigenvalue weighted by Crippen LogP contribution is -2.49. The van der Waals surface area contributed by atoms with Crippen LogP contribution in [0.1, 0.15) is 22.8 Å². The van der Waals surface area contributed by atoms with E-state index in [1.54, 1.807) is 30.3 Å². The van der Waals surface area contributed by atoms with E-state index in [-0.39, 0.29) is 11.7 Å². The molecule has 0 saturated carbocycles. The van der Waals surface area contributed by atoms with Crippen LogP contribution < -0.4 is 25.6 Å². The zero-order chi connectivity index (χ0) is 20.5. The first-order chi connectivity index (χ1) is 13.4. The molecule has 28 heavy (non-hydrogen) atoms. The summed E-state index contributed by atoms with van der Waals surface area (Å²) < 4.78 is 11.4. The molecule has 2 rings (SSSR count). The molecular weight excluding hydrogens is 446 g/mol. The molecule has 0 spiro atoms. The summed E-state index contributed by atoms with van der Waals surface area (Å²) in [5, 5.41) is 2.40. The number of ether oxygens (including phenoxy) is 2. The molecule has 0 radical (unpaired) electrons. The Labute approximate surface area is 176 Å². The fraction of sp³-hybridized carbons (Fsp3) is 0.211. The van der Waals surface area contributed by atoms with Crippen molar-refractivity contribution in [2.45, 2.75) is 13.3 Å². The average molecular weight is 466 g/mol. The van der Waals surface area contributed by atoms with Gasteiger partial charge in [-0.1, -0.05) is 25.1 Å². The summed E-state index contributed by atoms with van der Waals surface area (Å²) in [5.74, 6) is 0.0556. The van der Waals surface area contributed by atoms with E-state index in [2.05, 4.69) is 39.0 Å². The van der Waals surface area contributed by atoms with Crippen LogP contribution in [0, 0.1) is 0 Å². The number of thiocarbonyl (C=S) groups is 1. The summed E-state index contributed by atoms with van der Waals surface area (Å²) in [6, 6.07) is 12.4. The first kappa shape index (κ1) is 21.6. The highest BCUT2D eigenvalue weighted by Crippen LogP contribution is 2.26. The maximum atomic E-state index is 12.2. The zero-order valence-electron chi connectivity index (χ0n) is 15.4. The van der Waals surface area contributed by atoms with Crippen LogP contribution >= 0.6 is 28.1 Å². The van der Waals surface area contributed by atoms with Gasteiger partial charge in [0.1, 0.15) is 11.5 Å². The van der Waals surface area contributed by atoms with E-state index in [1.165, 1.54) is 7.11 Å². The summed E-state index contributed by atoms with van der Waals surface area (Å²) in [6.07, 6.45) is 0.904. The molecule has 7 nitrogen and oxygen atoms in total. The van der Waals surface area contributed by atoms with E-state index in [0.717, 1.165) is 16.5 Å². The van der Waals surface area contributed by atoms with Crippen molar-refractivity contribution in [1.82, 2.24) is 16.2 Å². The number of amides is 2. The van der Waals surface area contributed by atoms with Gasteiger partial charge in [0.15, 0.2) is 11.7 Å². The van der Waals surface area contributed by atoms with E-state index in [0.29, 0.717) is 17.1 Å². The van der Waals surface area contributed by atoms with Crippen LogP contribution in [0.5, 0.6) is 11.5 Å². The number of methoxy groups -OCH3 is 1. The lowest BCUT2D eigenvalue weighted by atomic mass is 10.2. The Morgan fingerprint density at radius 1 is 1.11 bits per heavy atom. The van der Waals surface area contributed by atoms with E-state index in [9.17, 15) is 9.59 Å². The van der Waals surface area contributed by atoms with E-state index in [1.807, 2.05) is 12.1 Å². The molecule has 2 aromatic carbocycles. The maximum Gasteiger partial charge on any atom is 0.276 e. The van der Waals surface area contributed by atoms with Crippen molar-refractivity contribution in [2.75, 3.05) is 13.7 Å². The van der Waals surface area contributed by atoms with Crippen LogP contribution in [0.25, 0.3) is 0 Å². The molecule has 148 valence electrons. The number of hydrazine groups is 1. The number of benzene rings is 2. The van der Waals surface area contributed by atoms with E-state index < -0.39 is 11.8 Å². The van der Waals surface area contributed by atoms with Gasteiger partial charge < -0.3 is 9.47 Å². The Kier molecular flexibility index (Phi) is 8.21. The minimum absolute atomic E-state index is 0.0577. The van der Waals surface area contributed by atoms with Crippen LogP contribution in [-0.2, 0) is 11.2 Å². The summed E-state index contributed by atoms with van der Waals surface area (Å²) in [4.78, 5) is 24.1. The summed E-state index contributed by atoms with van der Waals surface area (Å²) in [6.45, 7) is 1.83. The number of hydrogen-bond donors (Lipinski definition) is 3. The molecule has 0 bridgehead atoms. The number of aryl methyl sites for hydroxylation is 1. The van der Waals surface area contributed by atoms with Gasteiger partial charge >= 0.3 is 0 Å². The van der Waals surface area contributed by atoms with Gasteiger partial charge in [0.05, 0.1) is 17.1 Å². The number of carbonyl (C=O) groups excluding carboxylic acids is 2. The molecule has 0 atom stereocenters. The number of nitrogens with one attached hydrogen (secondary N) is 3. The Morgan fingerprint density at radius 3 is 2.54 bits per heavy atom. The SMILES string of the molecule is CCc1ccc(OCC(=O)NNC(=S)NC(=O)c2ccccc2OC)c(Br)c1. The monoisotopic (exact) mass is 465 g/mol. The third-order valence-electron chi connectivity index (χ3n) is 3.66. The highest BCUT2D eigenvalue weighted by molar-refractivity contribution is 9.10. The van der Waals surface area contributed by atoms with Gasteiger partial charge in [-0.05, 0) is 64.4 Å². The number of para-hydroxylation sites is 1.